The van der Waals surface area contributed by atoms with E-state index in [1.807, 2.05) is 54.6 Å². The molecule has 5 heteroatoms. The van der Waals surface area contributed by atoms with Crippen LogP contribution in [0.2, 0.25) is 0 Å². The third-order valence-corrected chi connectivity index (χ3v) is 4.48. The summed E-state index contributed by atoms with van der Waals surface area (Å²) < 4.78 is 5.61. The van der Waals surface area contributed by atoms with Gasteiger partial charge < -0.3 is 15.0 Å². The van der Waals surface area contributed by atoms with Crippen LogP contribution in [0.3, 0.4) is 0 Å². The fourth-order valence-electron chi connectivity index (χ4n) is 2.91. The van der Waals surface area contributed by atoms with E-state index in [2.05, 4.69) is 29.0 Å². The van der Waals surface area contributed by atoms with E-state index >= 15 is 0 Å². The summed E-state index contributed by atoms with van der Waals surface area (Å²) in [5, 5.41) is 5.11. The zero-order chi connectivity index (χ0) is 19.1. The number of hydrogen-bond donors (Lipinski definition) is 1. The largest absolute Gasteiger partial charge is 0.484 e. The van der Waals surface area contributed by atoms with Crippen molar-refractivity contribution in [1.29, 1.82) is 0 Å². The highest BCUT2D eigenvalue weighted by molar-refractivity contribution is 5.84. The molecule has 0 bridgehead atoms. The van der Waals surface area contributed by atoms with Crippen molar-refractivity contribution < 1.29 is 9.53 Å². The Labute approximate surface area is 160 Å². The lowest BCUT2D eigenvalue weighted by atomic mass is 10.1. The van der Waals surface area contributed by atoms with Crippen molar-refractivity contribution >= 4 is 22.5 Å². The van der Waals surface area contributed by atoms with Crippen molar-refractivity contribution in [3.05, 3.63) is 66.4 Å². The zero-order valence-corrected chi connectivity index (χ0v) is 15.8. The Balaban J connectivity index is 1.49. The topological polar surface area (TPSA) is 54.5 Å². The first kappa shape index (κ1) is 18.7. The lowest BCUT2D eigenvalue weighted by molar-refractivity contribution is -0.123. The normalized spacial score (nSPS) is 10.6. The first-order chi connectivity index (χ1) is 13.2. The first-order valence-corrected chi connectivity index (χ1v) is 9.27. The quantitative estimate of drug-likeness (QED) is 0.662. The van der Waals surface area contributed by atoms with E-state index in [0.29, 0.717) is 12.3 Å². The molecule has 140 valence electrons. The van der Waals surface area contributed by atoms with Crippen LogP contribution in [0.15, 0.2) is 60.8 Å². The Morgan fingerprint density at radius 2 is 1.81 bits per heavy atom. The molecule has 0 atom stereocenters. The minimum atomic E-state index is -0.157. The summed E-state index contributed by atoms with van der Waals surface area (Å²) in [6.45, 7) is 6.48. The SMILES string of the molecule is CCN(CC)c1ccc(CNC(=O)COc2ccc3ccccc3c2)cn1. The number of anilines is 1. The number of benzene rings is 2. The second-order valence-electron chi connectivity index (χ2n) is 6.27. The fraction of sp³-hybridized carbons (Fsp3) is 0.273. The van der Waals surface area contributed by atoms with Crippen molar-refractivity contribution in [2.24, 2.45) is 0 Å². The molecule has 3 rings (SSSR count). The summed E-state index contributed by atoms with van der Waals surface area (Å²) in [4.78, 5) is 18.7. The van der Waals surface area contributed by atoms with Gasteiger partial charge in [0.15, 0.2) is 6.61 Å². The van der Waals surface area contributed by atoms with Gasteiger partial charge in [0.1, 0.15) is 11.6 Å². The maximum absolute atomic E-state index is 12.1. The van der Waals surface area contributed by atoms with Gasteiger partial charge >= 0.3 is 0 Å². The molecule has 3 aromatic rings. The lowest BCUT2D eigenvalue weighted by Gasteiger charge is -2.19. The van der Waals surface area contributed by atoms with Crippen LogP contribution in [0, 0.1) is 0 Å². The Bertz CT molecular complexity index is 889. The van der Waals surface area contributed by atoms with Gasteiger partial charge in [0.2, 0.25) is 0 Å². The van der Waals surface area contributed by atoms with Crippen LogP contribution < -0.4 is 15.0 Å². The molecule has 1 heterocycles. The van der Waals surface area contributed by atoms with Gasteiger partial charge in [0, 0.05) is 25.8 Å². The number of carbonyl (C=O) groups is 1. The van der Waals surface area contributed by atoms with E-state index in [1.165, 1.54) is 0 Å². The molecule has 5 nitrogen and oxygen atoms in total. The average molecular weight is 363 g/mol. The smallest absolute Gasteiger partial charge is 0.258 e. The second kappa shape index (κ2) is 9.03. The standard InChI is InChI=1S/C22H25N3O2/c1-3-25(4-2)21-12-9-17(14-23-21)15-24-22(26)16-27-20-11-10-18-7-5-6-8-19(18)13-20/h5-14H,3-4,15-16H2,1-2H3,(H,24,26). The van der Waals surface area contributed by atoms with Gasteiger partial charge in [-0.1, -0.05) is 36.4 Å². The molecule has 0 unspecified atom stereocenters. The number of ether oxygens (including phenoxy) is 1. The van der Waals surface area contributed by atoms with Gasteiger partial charge in [0.05, 0.1) is 0 Å². The molecule has 0 spiro atoms. The number of fused-ring (bicyclic) bond motifs is 1. The number of carbonyl (C=O) groups excluding carboxylic acids is 1. The molecule has 0 saturated heterocycles. The lowest BCUT2D eigenvalue weighted by Crippen LogP contribution is -2.28. The van der Waals surface area contributed by atoms with Crippen molar-refractivity contribution in [1.82, 2.24) is 10.3 Å². The van der Waals surface area contributed by atoms with E-state index in [1.54, 1.807) is 6.20 Å². The van der Waals surface area contributed by atoms with Crippen LogP contribution in [-0.2, 0) is 11.3 Å². The third kappa shape index (κ3) is 4.97. The van der Waals surface area contributed by atoms with Gasteiger partial charge in [-0.2, -0.15) is 0 Å². The molecular weight excluding hydrogens is 338 g/mol. The number of aromatic nitrogens is 1. The van der Waals surface area contributed by atoms with E-state index in [4.69, 9.17) is 4.74 Å². The average Bonchev–Trinajstić information content (AvgIpc) is 2.72. The summed E-state index contributed by atoms with van der Waals surface area (Å²) in [5.41, 5.74) is 0.963. The van der Waals surface area contributed by atoms with Gasteiger partial charge in [0.25, 0.3) is 5.91 Å². The molecule has 0 fully saturated rings. The predicted molar refractivity (Wildman–Crippen MR) is 109 cm³/mol. The summed E-state index contributed by atoms with van der Waals surface area (Å²) in [5.74, 6) is 1.49. The van der Waals surface area contributed by atoms with Crippen molar-refractivity contribution in [2.45, 2.75) is 20.4 Å². The summed E-state index contributed by atoms with van der Waals surface area (Å²) >= 11 is 0. The monoisotopic (exact) mass is 363 g/mol. The molecule has 0 saturated carbocycles. The number of nitrogens with one attached hydrogen (secondary N) is 1. The minimum absolute atomic E-state index is 0.0106. The van der Waals surface area contributed by atoms with Gasteiger partial charge in [-0.25, -0.2) is 4.98 Å². The van der Waals surface area contributed by atoms with Crippen LogP contribution >= 0.6 is 0 Å². The molecule has 2 aromatic carbocycles. The molecule has 0 aliphatic rings. The molecule has 27 heavy (non-hydrogen) atoms. The highest BCUT2D eigenvalue weighted by Crippen LogP contribution is 2.20. The second-order valence-corrected chi connectivity index (χ2v) is 6.27. The van der Waals surface area contributed by atoms with Crippen molar-refractivity contribution in [3.63, 3.8) is 0 Å². The van der Waals surface area contributed by atoms with Gasteiger partial charge in [-0.3, -0.25) is 4.79 Å². The van der Waals surface area contributed by atoms with Crippen LogP contribution in [-0.4, -0.2) is 30.6 Å². The van der Waals surface area contributed by atoms with Gasteiger partial charge in [-0.15, -0.1) is 0 Å². The maximum atomic E-state index is 12.1. The van der Waals surface area contributed by atoms with Crippen LogP contribution in [0.4, 0.5) is 5.82 Å². The van der Waals surface area contributed by atoms with E-state index in [9.17, 15) is 4.79 Å². The number of rotatable bonds is 8. The zero-order valence-electron chi connectivity index (χ0n) is 15.8. The van der Waals surface area contributed by atoms with Crippen molar-refractivity contribution in [3.8, 4) is 5.75 Å². The Morgan fingerprint density at radius 3 is 2.52 bits per heavy atom. The van der Waals surface area contributed by atoms with Gasteiger partial charge in [-0.05, 0) is 48.4 Å². The summed E-state index contributed by atoms with van der Waals surface area (Å²) in [7, 11) is 0. The number of pyridine rings is 1. The number of hydrogen-bond acceptors (Lipinski definition) is 4. The molecular formula is C22H25N3O2. The fourth-order valence-corrected chi connectivity index (χ4v) is 2.91. The van der Waals surface area contributed by atoms with Crippen molar-refractivity contribution in [2.75, 3.05) is 24.6 Å². The van der Waals surface area contributed by atoms with E-state index in [-0.39, 0.29) is 12.5 Å². The highest BCUT2D eigenvalue weighted by Gasteiger charge is 2.06. The number of nitrogens with zero attached hydrogens (tertiary/aromatic N) is 2. The molecule has 0 aliphatic heterocycles. The predicted octanol–water partition coefficient (Wildman–Crippen LogP) is 3.78. The maximum Gasteiger partial charge on any atom is 0.258 e. The first-order valence-electron chi connectivity index (χ1n) is 9.27. The van der Waals surface area contributed by atoms with Crippen LogP contribution in [0.1, 0.15) is 19.4 Å². The summed E-state index contributed by atoms with van der Waals surface area (Å²) in [6, 6.07) is 17.8. The molecule has 1 amide bonds. The van der Waals surface area contributed by atoms with E-state index in [0.717, 1.165) is 35.2 Å². The summed E-state index contributed by atoms with van der Waals surface area (Å²) in [6.07, 6.45) is 1.80. The number of amides is 1. The minimum Gasteiger partial charge on any atom is -0.484 e. The Kier molecular flexibility index (Phi) is 6.26. The third-order valence-electron chi connectivity index (χ3n) is 4.48. The highest BCUT2D eigenvalue weighted by atomic mass is 16.5. The van der Waals surface area contributed by atoms with Crippen LogP contribution in [0.5, 0.6) is 5.75 Å². The molecule has 1 aromatic heterocycles. The Hall–Kier alpha value is -3.08. The Morgan fingerprint density at radius 1 is 1.04 bits per heavy atom. The molecule has 0 radical (unpaired) electrons. The molecule has 0 aliphatic carbocycles. The van der Waals surface area contributed by atoms with E-state index < -0.39 is 0 Å². The van der Waals surface area contributed by atoms with Crippen LogP contribution in [0.25, 0.3) is 10.8 Å². The molecule has 1 N–H and O–H groups in total.